The number of rotatable bonds is 2. The molecule has 0 radical (unpaired) electrons. The summed E-state index contributed by atoms with van der Waals surface area (Å²) < 4.78 is 8.88. The molecule has 0 atom stereocenters. The first-order chi connectivity index (χ1) is 7.61. The number of benzene rings is 1. The van der Waals surface area contributed by atoms with E-state index in [0.29, 0.717) is 11.8 Å². The van der Waals surface area contributed by atoms with Gasteiger partial charge in [-0.3, -0.25) is 0 Å². The molecule has 3 N–H and O–H groups in total. The lowest BCUT2D eigenvalue weighted by molar-refractivity contribution is 0.275. The molecule has 0 heterocycles. The number of hydrogen-bond donors (Lipinski definition) is 3. The molecule has 98 valence electrons. The molecule has 0 saturated carbocycles. The van der Waals surface area contributed by atoms with Gasteiger partial charge in [0.05, 0.1) is 0 Å². The van der Waals surface area contributed by atoms with E-state index in [4.69, 9.17) is 19.2 Å². The van der Waals surface area contributed by atoms with E-state index < -0.39 is 7.82 Å². The van der Waals surface area contributed by atoms with Crippen LogP contribution in [0.5, 0.6) is 0 Å². The summed E-state index contributed by atoms with van der Waals surface area (Å²) in [5, 5.41) is 0. The molecule has 0 amide bonds. The van der Waals surface area contributed by atoms with E-state index in [0.717, 1.165) is 0 Å². The van der Waals surface area contributed by atoms with Crippen LogP contribution in [0.15, 0.2) is 24.3 Å². The van der Waals surface area contributed by atoms with Gasteiger partial charge >= 0.3 is 7.82 Å². The molecule has 4 nitrogen and oxygen atoms in total. The highest BCUT2D eigenvalue weighted by Gasteiger charge is 2.01. The van der Waals surface area contributed by atoms with Gasteiger partial charge in [0.1, 0.15) is 0 Å². The highest BCUT2D eigenvalue weighted by molar-refractivity contribution is 7.45. The first-order valence-electron chi connectivity index (χ1n) is 5.49. The van der Waals surface area contributed by atoms with Crippen molar-refractivity contribution < 1.29 is 19.2 Å². The number of phosphoric acid groups is 1. The van der Waals surface area contributed by atoms with Crippen molar-refractivity contribution in [1.82, 2.24) is 0 Å². The molecule has 0 bridgehead atoms. The SMILES string of the molecule is CC(C)c1ccc(C(C)C)cc1.O=P(O)(O)O. The quantitative estimate of drug-likeness (QED) is 0.714. The Bertz CT molecular complexity index is 329. The molecule has 0 unspecified atom stereocenters. The molecule has 0 aromatic heterocycles. The van der Waals surface area contributed by atoms with Crippen LogP contribution in [0, 0.1) is 0 Å². The van der Waals surface area contributed by atoms with Gasteiger partial charge in [-0.2, -0.15) is 0 Å². The van der Waals surface area contributed by atoms with Crippen LogP contribution in [0.2, 0.25) is 0 Å². The Morgan fingerprint density at radius 3 is 1.12 bits per heavy atom. The van der Waals surface area contributed by atoms with Crippen molar-refractivity contribution in [3.63, 3.8) is 0 Å². The molecule has 0 aliphatic heterocycles. The summed E-state index contributed by atoms with van der Waals surface area (Å²) in [5.74, 6) is 1.29. The average molecular weight is 260 g/mol. The lowest BCUT2D eigenvalue weighted by Gasteiger charge is -2.08. The Labute approximate surface area is 103 Å². The first kappa shape index (κ1) is 16.3. The largest absolute Gasteiger partial charge is 0.466 e. The molecular weight excluding hydrogens is 239 g/mol. The fourth-order valence-corrected chi connectivity index (χ4v) is 1.27. The second-order valence-electron chi connectivity index (χ2n) is 4.49. The summed E-state index contributed by atoms with van der Waals surface area (Å²) in [6, 6.07) is 8.94. The molecule has 0 saturated heterocycles. The summed E-state index contributed by atoms with van der Waals surface area (Å²) in [6.07, 6.45) is 0. The molecule has 0 aliphatic carbocycles. The summed E-state index contributed by atoms with van der Waals surface area (Å²) in [5.41, 5.74) is 2.86. The highest BCUT2D eigenvalue weighted by Crippen LogP contribution is 2.25. The van der Waals surface area contributed by atoms with Crippen LogP contribution < -0.4 is 0 Å². The van der Waals surface area contributed by atoms with Crippen LogP contribution in [0.4, 0.5) is 0 Å². The van der Waals surface area contributed by atoms with E-state index >= 15 is 0 Å². The molecule has 0 spiro atoms. The van der Waals surface area contributed by atoms with E-state index in [1.807, 2.05) is 0 Å². The summed E-state index contributed by atoms with van der Waals surface area (Å²) >= 11 is 0. The van der Waals surface area contributed by atoms with Crippen molar-refractivity contribution >= 4 is 7.82 Å². The van der Waals surface area contributed by atoms with Crippen molar-refractivity contribution in [2.75, 3.05) is 0 Å². The Hall–Kier alpha value is -0.670. The van der Waals surface area contributed by atoms with E-state index in [1.165, 1.54) is 11.1 Å². The van der Waals surface area contributed by atoms with E-state index in [1.54, 1.807) is 0 Å². The Morgan fingerprint density at radius 1 is 0.824 bits per heavy atom. The van der Waals surface area contributed by atoms with Crippen LogP contribution in [0.1, 0.15) is 50.7 Å². The van der Waals surface area contributed by atoms with Crippen LogP contribution in [-0.4, -0.2) is 14.7 Å². The van der Waals surface area contributed by atoms with Gasteiger partial charge in [0.25, 0.3) is 0 Å². The Balaban J connectivity index is 0.000000437. The highest BCUT2D eigenvalue weighted by atomic mass is 31.2. The maximum atomic E-state index is 8.88. The van der Waals surface area contributed by atoms with Gasteiger partial charge in [0.15, 0.2) is 0 Å². The Kier molecular flexibility index (Phi) is 6.65. The average Bonchev–Trinajstić information content (AvgIpc) is 2.15. The summed E-state index contributed by atoms with van der Waals surface area (Å²) in [7, 11) is -4.64. The van der Waals surface area contributed by atoms with Gasteiger partial charge in [0.2, 0.25) is 0 Å². The third kappa shape index (κ3) is 9.07. The van der Waals surface area contributed by atoms with Crippen LogP contribution in [0.3, 0.4) is 0 Å². The zero-order chi connectivity index (χ0) is 13.6. The minimum Gasteiger partial charge on any atom is -0.303 e. The summed E-state index contributed by atoms with van der Waals surface area (Å²) in [6.45, 7) is 8.91. The second kappa shape index (κ2) is 6.92. The maximum absolute atomic E-state index is 8.88. The lowest BCUT2D eigenvalue weighted by Crippen LogP contribution is -1.90. The zero-order valence-electron chi connectivity index (χ0n) is 10.7. The second-order valence-corrected chi connectivity index (χ2v) is 5.52. The molecule has 1 rings (SSSR count). The van der Waals surface area contributed by atoms with Gasteiger partial charge in [-0.1, -0.05) is 52.0 Å². The Morgan fingerprint density at radius 2 is 1.00 bits per heavy atom. The summed E-state index contributed by atoms with van der Waals surface area (Å²) in [4.78, 5) is 21.6. The van der Waals surface area contributed by atoms with Crippen LogP contribution >= 0.6 is 7.82 Å². The van der Waals surface area contributed by atoms with Crippen molar-refractivity contribution in [2.24, 2.45) is 0 Å². The van der Waals surface area contributed by atoms with E-state index in [9.17, 15) is 0 Å². The van der Waals surface area contributed by atoms with Gasteiger partial charge in [0, 0.05) is 0 Å². The monoisotopic (exact) mass is 260 g/mol. The molecular formula is C12H21O4P. The van der Waals surface area contributed by atoms with Gasteiger partial charge in [-0.15, -0.1) is 0 Å². The van der Waals surface area contributed by atoms with Gasteiger partial charge < -0.3 is 14.7 Å². The standard InChI is InChI=1S/C12H18.H3O4P/c1-9(2)11-5-7-12(8-6-11)10(3)4;1-5(2,3)4/h5-10H,1-4H3;(H3,1,2,3,4). The molecule has 5 heteroatoms. The maximum Gasteiger partial charge on any atom is 0.466 e. The predicted molar refractivity (Wildman–Crippen MR) is 68.9 cm³/mol. The minimum atomic E-state index is -4.64. The topological polar surface area (TPSA) is 77.8 Å². The molecule has 0 aliphatic rings. The third-order valence-corrected chi connectivity index (χ3v) is 2.27. The fraction of sp³-hybridized carbons (Fsp3) is 0.500. The van der Waals surface area contributed by atoms with Crippen molar-refractivity contribution in [1.29, 1.82) is 0 Å². The third-order valence-electron chi connectivity index (χ3n) is 2.27. The van der Waals surface area contributed by atoms with Crippen molar-refractivity contribution in [2.45, 2.75) is 39.5 Å². The molecule has 1 aromatic rings. The first-order valence-corrected chi connectivity index (χ1v) is 7.06. The fourth-order valence-electron chi connectivity index (χ4n) is 1.27. The number of hydrogen-bond acceptors (Lipinski definition) is 1. The van der Waals surface area contributed by atoms with E-state index in [2.05, 4.69) is 52.0 Å². The lowest BCUT2D eigenvalue weighted by atomic mass is 9.97. The smallest absolute Gasteiger partial charge is 0.303 e. The van der Waals surface area contributed by atoms with Crippen molar-refractivity contribution in [3.8, 4) is 0 Å². The zero-order valence-corrected chi connectivity index (χ0v) is 11.6. The molecule has 0 fully saturated rings. The van der Waals surface area contributed by atoms with Crippen LogP contribution in [-0.2, 0) is 4.57 Å². The van der Waals surface area contributed by atoms with E-state index in [-0.39, 0.29) is 0 Å². The normalized spacial score (nSPS) is 11.4. The molecule has 1 aromatic carbocycles. The molecule has 17 heavy (non-hydrogen) atoms. The van der Waals surface area contributed by atoms with Crippen LogP contribution in [0.25, 0.3) is 0 Å². The van der Waals surface area contributed by atoms with Gasteiger partial charge in [-0.05, 0) is 23.0 Å². The van der Waals surface area contributed by atoms with Crippen molar-refractivity contribution in [3.05, 3.63) is 35.4 Å². The predicted octanol–water partition coefficient (Wildman–Crippen LogP) is 3.00. The minimum absolute atomic E-state index is 0.645. The van der Waals surface area contributed by atoms with Gasteiger partial charge in [-0.25, -0.2) is 4.57 Å².